The highest BCUT2D eigenvalue weighted by Crippen LogP contribution is 2.57. The Morgan fingerprint density at radius 1 is 0.408 bits per heavy atom. The number of anilines is 4. The quantitative estimate of drug-likeness (QED) is 0.0465. The molecule has 71 heavy (non-hydrogen) atoms. The summed E-state index contributed by atoms with van der Waals surface area (Å²) >= 11 is 0. The molecule has 0 atom stereocenters. The van der Waals surface area contributed by atoms with Gasteiger partial charge in [-0.1, -0.05) is 48.5 Å². The molecule has 12 nitrogen and oxygen atoms in total. The number of hydrogen-bond donors (Lipinski definition) is 7. The van der Waals surface area contributed by atoms with Gasteiger partial charge in [0, 0.05) is 16.7 Å². The van der Waals surface area contributed by atoms with E-state index in [9.17, 15) is 34.5 Å². The third-order valence-electron chi connectivity index (χ3n) is 11.3. The molecule has 0 bridgehead atoms. The monoisotopic (exact) mass is 976 g/mol. The molecule has 0 saturated carbocycles. The number of alkyl halides is 6. The van der Waals surface area contributed by atoms with Gasteiger partial charge in [-0.2, -0.15) is 26.3 Å². The van der Waals surface area contributed by atoms with E-state index in [1.807, 2.05) is 0 Å². The zero-order valence-electron chi connectivity index (χ0n) is 37.9. The van der Waals surface area contributed by atoms with Crippen LogP contribution in [-0.4, -0.2) is 51.3 Å². The third kappa shape index (κ3) is 10.6. The van der Waals surface area contributed by atoms with Gasteiger partial charge in [-0.3, -0.25) is 19.2 Å². The average Bonchev–Trinajstić information content (AvgIpc) is 3.30. The number of rotatable bonds is 12. The highest BCUT2D eigenvalue weighted by atomic mass is 19.4. The van der Waals surface area contributed by atoms with Crippen LogP contribution in [0.2, 0.25) is 0 Å². The lowest BCUT2D eigenvalue weighted by Crippen LogP contribution is -2.55. The third-order valence-corrected chi connectivity index (χ3v) is 11.3. The van der Waals surface area contributed by atoms with Crippen LogP contribution in [0.5, 0.6) is 28.7 Å². The summed E-state index contributed by atoms with van der Waals surface area (Å²) in [5.41, 5.74) is -7.39. The Bertz CT molecular complexity index is 3230. The first-order valence-electron chi connectivity index (χ1n) is 21.4. The lowest BCUT2D eigenvalue weighted by atomic mass is 9.72. The Balaban J connectivity index is 1.30. The molecule has 7 aromatic carbocycles. The van der Waals surface area contributed by atoms with Crippen LogP contribution in [0.4, 0.5) is 49.1 Å². The van der Waals surface area contributed by atoms with Crippen LogP contribution >= 0.6 is 0 Å². The Morgan fingerprint density at radius 2 is 0.775 bits per heavy atom. The molecule has 7 N–H and O–H groups in total. The number of hydrogen-bond acceptors (Lipinski definition) is 8. The van der Waals surface area contributed by atoms with Crippen molar-refractivity contribution in [1.29, 1.82) is 0 Å². The average molecular weight is 977 g/mol. The first-order valence-corrected chi connectivity index (χ1v) is 21.4. The topological polar surface area (TPSA) is 186 Å². The number of aromatic hydroxyl groups is 3. The zero-order chi connectivity index (χ0) is 51.6. The summed E-state index contributed by atoms with van der Waals surface area (Å²) in [6.45, 7) is 6.62. The second-order valence-electron chi connectivity index (χ2n) is 16.6. The number of carbonyl (C=O) groups excluding carboxylic acids is 4. The molecule has 0 aliphatic carbocycles. The summed E-state index contributed by atoms with van der Waals surface area (Å²) in [5.74, 6) is -5.85. The number of aryl methyl sites for hydroxylation is 4. The van der Waals surface area contributed by atoms with Crippen LogP contribution in [0.15, 0.2) is 140 Å². The van der Waals surface area contributed by atoms with Crippen molar-refractivity contribution in [2.24, 2.45) is 0 Å². The van der Waals surface area contributed by atoms with Gasteiger partial charge in [-0.05, 0) is 152 Å². The fourth-order valence-electron chi connectivity index (χ4n) is 7.68. The molecule has 0 fully saturated rings. The predicted octanol–water partition coefficient (Wildman–Crippen LogP) is 12.2. The molecule has 0 unspecified atom stereocenters. The van der Waals surface area contributed by atoms with Gasteiger partial charge in [0.15, 0.2) is 5.75 Å². The predicted molar refractivity (Wildman–Crippen MR) is 254 cm³/mol. The van der Waals surface area contributed by atoms with Gasteiger partial charge in [0.2, 0.25) is 5.41 Å². The van der Waals surface area contributed by atoms with Crippen molar-refractivity contribution in [2.75, 3.05) is 21.3 Å². The second kappa shape index (κ2) is 19.7. The molecular formula is C53H42F6N4O8. The van der Waals surface area contributed by atoms with Crippen LogP contribution in [-0.2, 0) is 5.41 Å². The largest absolute Gasteiger partial charge is 0.506 e. The smallest absolute Gasteiger partial charge is 0.411 e. The van der Waals surface area contributed by atoms with E-state index in [0.29, 0.717) is 47.0 Å². The molecule has 0 spiro atoms. The SMILES string of the molecule is Cc1ccc(O)c(NC(=O)c2cccc(C(=O)Nc3cc(C)ccc3Oc3ccc(C(c4cccc(C(=O)Nc5cc(C)ccc5O)c4)(C(F)(F)F)C(F)(F)F)cc3C(=O)Nc3cc(C)ccc3O)c2)c1. The van der Waals surface area contributed by atoms with Crippen LogP contribution in [0, 0.1) is 27.7 Å². The molecule has 0 radical (unpaired) electrons. The van der Waals surface area contributed by atoms with Crippen LogP contribution in [0.25, 0.3) is 0 Å². The maximum atomic E-state index is 15.7. The van der Waals surface area contributed by atoms with Gasteiger partial charge in [0.1, 0.15) is 23.0 Å². The van der Waals surface area contributed by atoms with E-state index in [2.05, 4.69) is 21.3 Å². The number of amides is 4. The Kier molecular flexibility index (Phi) is 13.9. The van der Waals surface area contributed by atoms with E-state index in [-0.39, 0.29) is 45.4 Å². The molecule has 364 valence electrons. The molecule has 7 rings (SSSR count). The fourth-order valence-corrected chi connectivity index (χ4v) is 7.68. The first-order chi connectivity index (χ1) is 33.4. The number of ether oxygens (including phenoxy) is 1. The maximum Gasteiger partial charge on any atom is 0.411 e. The van der Waals surface area contributed by atoms with Crippen molar-refractivity contribution < 1.29 is 65.6 Å². The summed E-state index contributed by atoms with van der Waals surface area (Å²) < 4.78 is 100. The maximum absolute atomic E-state index is 15.7. The first kappa shape index (κ1) is 50.1. The molecule has 18 heteroatoms. The van der Waals surface area contributed by atoms with Crippen molar-refractivity contribution in [2.45, 2.75) is 45.5 Å². The molecule has 0 saturated heterocycles. The van der Waals surface area contributed by atoms with Crippen molar-refractivity contribution in [3.63, 3.8) is 0 Å². The van der Waals surface area contributed by atoms with Gasteiger partial charge in [0.25, 0.3) is 23.6 Å². The van der Waals surface area contributed by atoms with Crippen molar-refractivity contribution >= 4 is 46.4 Å². The fraction of sp³-hybridized carbons (Fsp3) is 0.132. The minimum atomic E-state index is -6.20. The van der Waals surface area contributed by atoms with E-state index >= 15 is 26.3 Å². The normalized spacial score (nSPS) is 11.6. The van der Waals surface area contributed by atoms with Gasteiger partial charge in [-0.15, -0.1) is 0 Å². The summed E-state index contributed by atoms with van der Waals surface area (Å²) in [7, 11) is 0. The molecule has 0 aliphatic rings. The van der Waals surface area contributed by atoms with Gasteiger partial charge < -0.3 is 41.3 Å². The summed E-state index contributed by atoms with van der Waals surface area (Å²) in [6.07, 6.45) is -12.4. The highest BCUT2D eigenvalue weighted by molar-refractivity contribution is 6.10. The number of phenols is 3. The minimum Gasteiger partial charge on any atom is -0.506 e. The molecule has 0 heterocycles. The molecule has 7 aromatic rings. The summed E-state index contributed by atoms with van der Waals surface area (Å²) in [5, 5.41) is 41.0. The zero-order valence-corrected chi connectivity index (χ0v) is 37.9. The minimum absolute atomic E-state index is 0.0287. The van der Waals surface area contributed by atoms with E-state index in [1.165, 1.54) is 84.9 Å². The summed E-state index contributed by atoms with van der Waals surface area (Å²) in [4.78, 5) is 54.6. The lowest BCUT2D eigenvalue weighted by Gasteiger charge is -2.38. The number of halogens is 6. The van der Waals surface area contributed by atoms with Crippen molar-refractivity contribution in [3.05, 3.63) is 195 Å². The van der Waals surface area contributed by atoms with Crippen molar-refractivity contribution in [1.82, 2.24) is 0 Å². The van der Waals surface area contributed by atoms with Crippen LogP contribution in [0.1, 0.15) is 74.8 Å². The van der Waals surface area contributed by atoms with Gasteiger partial charge in [0.05, 0.1) is 28.3 Å². The number of nitrogens with one attached hydrogen (secondary N) is 4. The molecule has 0 aliphatic heterocycles. The lowest BCUT2D eigenvalue weighted by molar-refractivity contribution is -0.288. The highest BCUT2D eigenvalue weighted by Gasteiger charge is 2.72. The van der Waals surface area contributed by atoms with Crippen LogP contribution < -0.4 is 26.0 Å². The number of phenolic OH excluding ortho intramolecular Hbond substituents is 3. The van der Waals surface area contributed by atoms with E-state index in [0.717, 1.165) is 17.7 Å². The standard InChI is InChI=1S/C53H42F6N4O8/c1-28-11-16-42(64)38(21-28)60-47(67)32-7-5-8-33(25-32)48(68)63-41-24-31(4)14-19-46(41)71-45-20-15-36(27-37(45)50(70)62-40-23-30(3)13-18-44(40)66)51(52(54,55)56,53(57,58)59)35-10-6-9-34(26-35)49(69)61-39-22-29(2)12-17-43(39)65/h5-27,64-66H,1-4H3,(H,60,67)(H,61,69)(H,62,70)(H,63,68). The van der Waals surface area contributed by atoms with Gasteiger partial charge >= 0.3 is 12.4 Å². The van der Waals surface area contributed by atoms with E-state index in [4.69, 9.17) is 4.74 Å². The Hall–Kier alpha value is -8.80. The van der Waals surface area contributed by atoms with Gasteiger partial charge in [-0.25, -0.2) is 0 Å². The number of carbonyl (C=O) groups is 4. The van der Waals surface area contributed by atoms with Crippen molar-refractivity contribution in [3.8, 4) is 28.7 Å². The number of benzene rings is 7. The molecule has 0 aromatic heterocycles. The van der Waals surface area contributed by atoms with Crippen LogP contribution in [0.3, 0.4) is 0 Å². The second-order valence-corrected chi connectivity index (χ2v) is 16.6. The molecular weight excluding hydrogens is 935 g/mol. The van der Waals surface area contributed by atoms with E-state index < -0.39 is 80.9 Å². The van der Waals surface area contributed by atoms with E-state index in [1.54, 1.807) is 39.8 Å². The molecule has 4 amide bonds. The Morgan fingerprint density at radius 3 is 1.24 bits per heavy atom. The Labute approximate surface area is 401 Å². The summed E-state index contributed by atoms with van der Waals surface area (Å²) in [6, 6.07) is 26.7.